The summed E-state index contributed by atoms with van der Waals surface area (Å²) in [6.45, 7) is 7.65. The Kier molecular flexibility index (Phi) is 11.1. The van der Waals surface area contributed by atoms with Gasteiger partial charge in [0.1, 0.15) is 18.4 Å². The monoisotopic (exact) mass is 629 g/mol. The van der Waals surface area contributed by atoms with E-state index in [1.54, 1.807) is 12.1 Å². The van der Waals surface area contributed by atoms with Gasteiger partial charge >= 0.3 is 0 Å². The lowest BCUT2D eigenvalue weighted by molar-refractivity contribution is -0.140. The van der Waals surface area contributed by atoms with E-state index in [4.69, 9.17) is 0 Å². The molecule has 4 aromatic carbocycles. The van der Waals surface area contributed by atoms with Gasteiger partial charge in [-0.1, -0.05) is 91.7 Å². The van der Waals surface area contributed by atoms with E-state index in [2.05, 4.69) is 5.32 Å². The molecule has 0 aliphatic carbocycles. The SMILES string of the molecule is Cc1ccc(S(=O)(=O)N(CC(=O)N(Cc2cccc(C)c2)[C@H](Cc2ccccc2)C(=O)NCC(C)C)c2ccc(F)cc2)cc1. The summed E-state index contributed by atoms with van der Waals surface area (Å²) in [6.07, 6.45) is 0.226. The second kappa shape index (κ2) is 15.0. The van der Waals surface area contributed by atoms with Gasteiger partial charge in [0.2, 0.25) is 11.8 Å². The lowest BCUT2D eigenvalue weighted by Crippen LogP contribution is -2.53. The van der Waals surface area contributed by atoms with E-state index >= 15 is 0 Å². The molecule has 0 aliphatic rings. The molecule has 1 atom stereocenters. The fourth-order valence-electron chi connectivity index (χ4n) is 4.96. The molecule has 0 saturated heterocycles. The highest BCUT2D eigenvalue weighted by Crippen LogP contribution is 2.26. The first-order chi connectivity index (χ1) is 21.4. The van der Waals surface area contributed by atoms with Gasteiger partial charge in [0.05, 0.1) is 10.6 Å². The van der Waals surface area contributed by atoms with Crippen molar-refractivity contribution in [3.8, 4) is 0 Å². The van der Waals surface area contributed by atoms with Gasteiger partial charge in [-0.3, -0.25) is 13.9 Å². The zero-order valence-corrected chi connectivity index (χ0v) is 26.9. The first-order valence-corrected chi connectivity index (χ1v) is 16.4. The van der Waals surface area contributed by atoms with Crippen molar-refractivity contribution in [1.82, 2.24) is 10.2 Å². The van der Waals surface area contributed by atoms with E-state index < -0.39 is 34.3 Å². The Hall–Kier alpha value is -4.50. The predicted octanol–water partition coefficient (Wildman–Crippen LogP) is 6.05. The highest BCUT2D eigenvalue weighted by Gasteiger charge is 2.34. The average molecular weight is 630 g/mol. The molecule has 0 bridgehead atoms. The maximum atomic E-state index is 14.5. The van der Waals surface area contributed by atoms with Crippen LogP contribution in [0.1, 0.15) is 36.1 Å². The van der Waals surface area contributed by atoms with Crippen molar-refractivity contribution in [2.24, 2.45) is 5.92 Å². The van der Waals surface area contributed by atoms with Crippen LogP contribution in [0.3, 0.4) is 0 Å². The zero-order chi connectivity index (χ0) is 32.6. The third-order valence-electron chi connectivity index (χ3n) is 7.39. The van der Waals surface area contributed by atoms with Crippen LogP contribution in [-0.2, 0) is 32.6 Å². The van der Waals surface area contributed by atoms with Crippen LogP contribution in [-0.4, -0.2) is 44.3 Å². The molecule has 0 spiro atoms. The number of sulfonamides is 1. The topological polar surface area (TPSA) is 86.8 Å². The van der Waals surface area contributed by atoms with Gasteiger partial charge in [0, 0.05) is 19.5 Å². The number of hydrogen-bond donors (Lipinski definition) is 1. The number of nitrogens with one attached hydrogen (secondary N) is 1. The number of carbonyl (C=O) groups excluding carboxylic acids is 2. The molecule has 7 nitrogen and oxygen atoms in total. The molecule has 0 heterocycles. The van der Waals surface area contributed by atoms with Crippen molar-refractivity contribution in [3.63, 3.8) is 0 Å². The summed E-state index contributed by atoms with van der Waals surface area (Å²) in [5.41, 5.74) is 3.64. The minimum Gasteiger partial charge on any atom is -0.354 e. The number of anilines is 1. The van der Waals surface area contributed by atoms with Crippen LogP contribution in [0.2, 0.25) is 0 Å². The molecule has 2 amide bonds. The van der Waals surface area contributed by atoms with Gasteiger partial charge in [-0.2, -0.15) is 0 Å². The first kappa shape index (κ1) is 33.4. The minimum atomic E-state index is -4.26. The number of nitrogens with zero attached hydrogens (tertiary/aromatic N) is 2. The summed E-state index contributed by atoms with van der Waals surface area (Å²) >= 11 is 0. The van der Waals surface area contributed by atoms with Crippen LogP contribution in [0, 0.1) is 25.6 Å². The van der Waals surface area contributed by atoms with Crippen molar-refractivity contribution < 1.29 is 22.4 Å². The average Bonchev–Trinajstić information content (AvgIpc) is 3.01. The Morgan fingerprint density at radius 3 is 2.07 bits per heavy atom. The van der Waals surface area contributed by atoms with E-state index in [1.807, 2.05) is 82.3 Å². The Balaban J connectivity index is 1.79. The number of benzene rings is 4. The third-order valence-corrected chi connectivity index (χ3v) is 9.18. The van der Waals surface area contributed by atoms with Crippen molar-refractivity contribution in [2.75, 3.05) is 17.4 Å². The maximum Gasteiger partial charge on any atom is 0.264 e. The van der Waals surface area contributed by atoms with Gasteiger partial charge in [-0.05, 0) is 67.3 Å². The molecule has 4 rings (SSSR count). The number of halogens is 1. The molecule has 236 valence electrons. The van der Waals surface area contributed by atoms with Gasteiger partial charge in [0.25, 0.3) is 10.0 Å². The van der Waals surface area contributed by atoms with Crippen LogP contribution >= 0.6 is 0 Å². The van der Waals surface area contributed by atoms with Crippen molar-refractivity contribution in [3.05, 3.63) is 131 Å². The summed E-state index contributed by atoms with van der Waals surface area (Å²) in [6, 6.07) is 27.4. The van der Waals surface area contributed by atoms with Crippen LogP contribution in [0.4, 0.5) is 10.1 Å². The number of rotatable bonds is 13. The van der Waals surface area contributed by atoms with Crippen molar-refractivity contribution in [2.45, 2.75) is 51.6 Å². The standard InChI is InChI=1S/C36H40FN3O4S/c1-26(2)23-38-36(42)34(22-29-10-6-5-7-11-29)39(24-30-12-8-9-28(4)21-30)35(41)25-40(32-17-15-31(37)16-18-32)45(43,44)33-19-13-27(3)14-20-33/h5-21,26,34H,22-25H2,1-4H3,(H,38,42)/t34-/m1/s1. The lowest BCUT2D eigenvalue weighted by atomic mass is 10.0. The molecule has 0 aliphatic heterocycles. The van der Waals surface area contributed by atoms with E-state index in [9.17, 15) is 22.4 Å². The summed E-state index contributed by atoms with van der Waals surface area (Å²) in [4.78, 5) is 29.7. The molecule has 0 fully saturated rings. The maximum absolute atomic E-state index is 14.5. The smallest absolute Gasteiger partial charge is 0.264 e. The molecule has 0 saturated carbocycles. The minimum absolute atomic E-state index is 0.00836. The van der Waals surface area contributed by atoms with Gasteiger partial charge < -0.3 is 10.2 Å². The third kappa shape index (κ3) is 9.01. The molecular weight excluding hydrogens is 589 g/mol. The second-order valence-corrected chi connectivity index (χ2v) is 13.5. The molecule has 0 radical (unpaired) electrons. The quantitative estimate of drug-likeness (QED) is 0.195. The highest BCUT2D eigenvalue weighted by atomic mass is 32.2. The van der Waals surface area contributed by atoms with Crippen molar-refractivity contribution >= 4 is 27.5 Å². The summed E-state index contributed by atoms with van der Waals surface area (Å²) < 4.78 is 43.0. The number of amides is 2. The first-order valence-electron chi connectivity index (χ1n) is 15.0. The van der Waals surface area contributed by atoms with E-state index in [0.29, 0.717) is 6.54 Å². The predicted molar refractivity (Wildman–Crippen MR) is 176 cm³/mol. The molecule has 4 aromatic rings. The van der Waals surface area contributed by atoms with Gasteiger partial charge in [-0.15, -0.1) is 0 Å². The molecule has 45 heavy (non-hydrogen) atoms. The Labute approximate surface area is 265 Å². The van der Waals surface area contributed by atoms with Crippen LogP contribution in [0.15, 0.2) is 108 Å². The second-order valence-electron chi connectivity index (χ2n) is 11.7. The number of carbonyl (C=O) groups is 2. The summed E-state index contributed by atoms with van der Waals surface area (Å²) in [5, 5.41) is 2.98. The largest absolute Gasteiger partial charge is 0.354 e. The van der Waals surface area contributed by atoms with E-state index in [0.717, 1.165) is 38.7 Å². The molecule has 1 N–H and O–H groups in total. The van der Waals surface area contributed by atoms with Crippen LogP contribution < -0.4 is 9.62 Å². The molecule has 0 unspecified atom stereocenters. The van der Waals surface area contributed by atoms with Crippen molar-refractivity contribution in [1.29, 1.82) is 0 Å². The molecule has 0 aromatic heterocycles. The summed E-state index contributed by atoms with van der Waals surface area (Å²) in [7, 11) is -4.26. The Morgan fingerprint density at radius 2 is 1.44 bits per heavy atom. The van der Waals surface area contributed by atoms with Gasteiger partial charge in [0.15, 0.2) is 0 Å². The zero-order valence-electron chi connectivity index (χ0n) is 26.1. The van der Waals surface area contributed by atoms with Crippen LogP contribution in [0.25, 0.3) is 0 Å². The van der Waals surface area contributed by atoms with Crippen LogP contribution in [0.5, 0.6) is 0 Å². The molecular formula is C36H40FN3O4S. The fourth-order valence-corrected chi connectivity index (χ4v) is 6.37. The van der Waals surface area contributed by atoms with E-state index in [1.165, 1.54) is 29.2 Å². The highest BCUT2D eigenvalue weighted by molar-refractivity contribution is 7.92. The number of hydrogen-bond acceptors (Lipinski definition) is 4. The Bertz CT molecular complexity index is 1690. The normalized spacial score (nSPS) is 12.0. The lowest BCUT2D eigenvalue weighted by Gasteiger charge is -2.34. The van der Waals surface area contributed by atoms with E-state index in [-0.39, 0.29) is 35.4 Å². The number of aryl methyl sites for hydroxylation is 2. The Morgan fingerprint density at radius 1 is 0.800 bits per heavy atom. The molecule has 9 heteroatoms. The van der Waals surface area contributed by atoms with Gasteiger partial charge in [-0.25, -0.2) is 12.8 Å². The summed E-state index contributed by atoms with van der Waals surface area (Å²) in [5.74, 6) is -1.26. The fraction of sp³-hybridized carbons (Fsp3) is 0.278.